The molecule has 0 saturated carbocycles. The molecule has 2 unspecified atom stereocenters. The average Bonchev–Trinajstić information content (AvgIpc) is 2.88. The highest BCUT2D eigenvalue weighted by Crippen LogP contribution is 2.32. The molecule has 0 spiro atoms. The summed E-state index contributed by atoms with van der Waals surface area (Å²) in [5.74, 6) is 2.01. The van der Waals surface area contributed by atoms with E-state index in [1.54, 1.807) is 0 Å². The van der Waals surface area contributed by atoms with Crippen LogP contribution < -0.4 is 10.1 Å². The minimum atomic E-state index is -0.422. The van der Waals surface area contributed by atoms with Crippen LogP contribution in [0.2, 0.25) is 0 Å². The zero-order valence-corrected chi connectivity index (χ0v) is 22.0. The van der Waals surface area contributed by atoms with Gasteiger partial charge in [0.2, 0.25) is 0 Å². The van der Waals surface area contributed by atoms with Crippen LogP contribution in [0.25, 0.3) is 0 Å². The number of benzene rings is 3. The minimum Gasteiger partial charge on any atom is -0.489 e. The molecule has 0 aliphatic heterocycles. The van der Waals surface area contributed by atoms with Gasteiger partial charge in [0.15, 0.2) is 0 Å². The Morgan fingerprint density at radius 2 is 1.66 bits per heavy atom. The summed E-state index contributed by atoms with van der Waals surface area (Å²) < 4.78 is 6.06. The van der Waals surface area contributed by atoms with Crippen molar-refractivity contribution in [1.29, 1.82) is 0 Å². The molecule has 0 aliphatic rings. The quantitative estimate of drug-likeness (QED) is 0.245. The Hall–Kier alpha value is -2.78. The van der Waals surface area contributed by atoms with Gasteiger partial charge in [0.1, 0.15) is 12.4 Å². The SMILES string of the molecule is CCCC(CC)CCCC(O)c1cccc(Nc2ccc(OCc3ccccc3)cc2C(C)C)c1. The number of aliphatic hydroxyl groups is 1. The van der Waals surface area contributed by atoms with Crippen LogP contribution in [0.4, 0.5) is 11.4 Å². The maximum Gasteiger partial charge on any atom is 0.120 e. The molecule has 0 heterocycles. The Morgan fingerprint density at radius 3 is 2.37 bits per heavy atom. The fourth-order valence-electron chi connectivity index (χ4n) is 4.67. The van der Waals surface area contributed by atoms with Gasteiger partial charge in [-0.25, -0.2) is 0 Å². The fraction of sp³-hybridized carbons (Fsp3) is 0.438. The van der Waals surface area contributed by atoms with Crippen LogP contribution >= 0.6 is 0 Å². The molecule has 2 atom stereocenters. The summed E-state index contributed by atoms with van der Waals surface area (Å²) in [5, 5.41) is 14.4. The molecule has 3 rings (SSSR count). The normalized spacial score (nSPS) is 13.0. The molecule has 0 fully saturated rings. The van der Waals surface area contributed by atoms with E-state index >= 15 is 0 Å². The number of ether oxygens (including phenoxy) is 1. The Bertz CT molecular complexity index is 1020. The maximum atomic E-state index is 10.8. The lowest BCUT2D eigenvalue weighted by Crippen LogP contribution is -2.03. The highest BCUT2D eigenvalue weighted by Gasteiger charge is 2.13. The molecule has 0 amide bonds. The van der Waals surface area contributed by atoms with Crippen molar-refractivity contribution >= 4 is 11.4 Å². The summed E-state index contributed by atoms with van der Waals surface area (Å²) in [6.45, 7) is 9.49. The Kier molecular flexibility index (Phi) is 10.7. The second kappa shape index (κ2) is 13.9. The number of anilines is 2. The molecule has 3 aromatic carbocycles. The number of hydrogen-bond donors (Lipinski definition) is 2. The summed E-state index contributed by atoms with van der Waals surface area (Å²) in [6, 6.07) is 24.7. The molecule has 3 heteroatoms. The number of rotatable bonds is 14. The summed E-state index contributed by atoms with van der Waals surface area (Å²) >= 11 is 0. The van der Waals surface area contributed by atoms with Crippen molar-refractivity contribution in [1.82, 2.24) is 0 Å². The molecule has 0 radical (unpaired) electrons. The van der Waals surface area contributed by atoms with Crippen LogP contribution in [0.5, 0.6) is 5.75 Å². The summed E-state index contributed by atoms with van der Waals surface area (Å²) in [5.41, 5.74) is 5.42. The third-order valence-electron chi connectivity index (χ3n) is 6.81. The van der Waals surface area contributed by atoms with E-state index in [0.717, 1.165) is 47.0 Å². The lowest BCUT2D eigenvalue weighted by atomic mass is 9.93. The van der Waals surface area contributed by atoms with E-state index < -0.39 is 6.10 Å². The molecule has 0 aliphatic carbocycles. The van der Waals surface area contributed by atoms with Crippen molar-refractivity contribution in [3.05, 3.63) is 89.5 Å². The lowest BCUT2D eigenvalue weighted by Gasteiger charge is -2.19. The average molecular weight is 474 g/mol. The summed E-state index contributed by atoms with van der Waals surface area (Å²) in [6.07, 6.45) is 6.43. The lowest BCUT2D eigenvalue weighted by molar-refractivity contribution is 0.160. The van der Waals surface area contributed by atoms with Gasteiger partial charge in [-0.15, -0.1) is 0 Å². The highest BCUT2D eigenvalue weighted by atomic mass is 16.5. The van der Waals surface area contributed by atoms with Crippen molar-refractivity contribution < 1.29 is 9.84 Å². The smallest absolute Gasteiger partial charge is 0.120 e. The van der Waals surface area contributed by atoms with E-state index in [1.807, 2.05) is 36.4 Å². The Balaban J connectivity index is 1.64. The third-order valence-corrected chi connectivity index (χ3v) is 6.81. The molecule has 3 aromatic rings. The van der Waals surface area contributed by atoms with Gasteiger partial charge in [-0.05, 0) is 65.3 Å². The Labute approximate surface area is 212 Å². The van der Waals surface area contributed by atoms with Crippen LogP contribution in [-0.2, 0) is 6.61 Å². The molecule has 0 saturated heterocycles. The number of hydrogen-bond acceptors (Lipinski definition) is 3. The molecule has 0 bridgehead atoms. The van der Waals surface area contributed by atoms with E-state index in [0.29, 0.717) is 12.5 Å². The van der Waals surface area contributed by atoms with Crippen LogP contribution in [0.3, 0.4) is 0 Å². The Morgan fingerprint density at radius 1 is 0.857 bits per heavy atom. The first-order chi connectivity index (χ1) is 17.0. The van der Waals surface area contributed by atoms with Crippen LogP contribution in [0.1, 0.15) is 94.9 Å². The van der Waals surface area contributed by atoms with Crippen LogP contribution in [-0.4, -0.2) is 5.11 Å². The van der Waals surface area contributed by atoms with Crippen molar-refractivity contribution in [2.75, 3.05) is 5.32 Å². The standard InChI is InChI=1S/C32H43NO2/c1-5-12-25(6-2)15-10-18-32(34)27-16-11-17-28(21-27)33-31-20-19-29(22-30(31)24(3)4)35-23-26-13-8-7-9-14-26/h7-9,11,13-14,16-17,19-22,24-25,32-34H,5-6,10,12,15,18,23H2,1-4H3. The van der Waals surface area contributed by atoms with Gasteiger partial charge in [-0.2, -0.15) is 0 Å². The van der Waals surface area contributed by atoms with E-state index in [-0.39, 0.29) is 0 Å². The number of nitrogens with one attached hydrogen (secondary N) is 1. The largest absolute Gasteiger partial charge is 0.489 e. The topological polar surface area (TPSA) is 41.5 Å². The van der Waals surface area contributed by atoms with Crippen molar-refractivity contribution in [3.8, 4) is 5.75 Å². The fourth-order valence-corrected chi connectivity index (χ4v) is 4.67. The van der Waals surface area contributed by atoms with Gasteiger partial charge in [0.05, 0.1) is 6.10 Å². The molecule has 188 valence electrons. The van der Waals surface area contributed by atoms with Gasteiger partial charge in [-0.3, -0.25) is 0 Å². The molecule has 3 nitrogen and oxygen atoms in total. The monoisotopic (exact) mass is 473 g/mol. The summed E-state index contributed by atoms with van der Waals surface area (Å²) in [7, 11) is 0. The van der Waals surface area contributed by atoms with Crippen molar-refractivity contribution in [2.24, 2.45) is 5.92 Å². The van der Waals surface area contributed by atoms with E-state index in [2.05, 4.69) is 69.4 Å². The second-order valence-corrected chi connectivity index (χ2v) is 9.94. The molecular weight excluding hydrogens is 430 g/mol. The van der Waals surface area contributed by atoms with Gasteiger partial charge in [0, 0.05) is 11.4 Å². The highest BCUT2D eigenvalue weighted by molar-refractivity contribution is 5.65. The van der Waals surface area contributed by atoms with Crippen molar-refractivity contribution in [3.63, 3.8) is 0 Å². The van der Waals surface area contributed by atoms with Gasteiger partial charge < -0.3 is 15.2 Å². The molecule has 2 N–H and O–H groups in total. The predicted molar refractivity (Wildman–Crippen MR) is 149 cm³/mol. The third kappa shape index (κ3) is 8.43. The first-order valence-electron chi connectivity index (χ1n) is 13.4. The molecule has 0 aromatic heterocycles. The van der Waals surface area contributed by atoms with E-state index in [1.165, 1.54) is 31.2 Å². The first-order valence-corrected chi connectivity index (χ1v) is 13.4. The molecular formula is C32H43NO2. The van der Waals surface area contributed by atoms with Gasteiger partial charge >= 0.3 is 0 Å². The van der Waals surface area contributed by atoms with Crippen molar-refractivity contribution in [2.45, 2.75) is 84.8 Å². The maximum absolute atomic E-state index is 10.8. The zero-order chi connectivity index (χ0) is 25.0. The zero-order valence-electron chi connectivity index (χ0n) is 22.0. The van der Waals surface area contributed by atoms with Crippen LogP contribution in [0.15, 0.2) is 72.8 Å². The molecule has 35 heavy (non-hydrogen) atoms. The van der Waals surface area contributed by atoms with Crippen LogP contribution in [0, 0.1) is 5.92 Å². The first kappa shape index (κ1) is 26.8. The van der Waals surface area contributed by atoms with E-state index in [4.69, 9.17) is 4.74 Å². The second-order valence-electron chi connectivity index (χ2n) is 9.94. The number of aliphatic hydroxyl groups excluding tert-OH is 1. The minimum absolute atomic E-state index is 0.348. The van der Waals surface area contributed by atoms with E-state index in [9.17, 15) is 5.11 Å². The predicted octanol–water partition coefficient (Wildman–Crippen LogP) is 9.16. The van der Waals surface area contributed by atoms with Gasteiger partial charge in [-0.1, -0.05) is 102 Å². The van der Waals surface area contributed by atoms with Gasteiger partial charge in [0.25, 0.3) is 0 Å². The summed E-state index contributed by atoms with van der Waals surface area (Å²) in [4.78, 5) is 0.